The van der Waals surface area contributed by atoms with Crippen LogP contribution in [0.2, 0.25) is 0 Å². The number of ether oxygens (including phenoxy) is 2. The zero-order valence-electron chi connectivity index (χ0n) is 11.5. The number of nitrogens with two attached hydrogens (primary N) is 1. The van der Waals surface area contributed by atoms with Crippen molar-refractivity contribution in [2.24, 2.45) is 11.7 Å². The second-order valence-corrected chi connectivity index (χ2v) is 5.13. The molecule has 0 aliphatic heterocycles. The minimum atomic E-state index is -0.686. The molecule has 18 heavy (non-hydrogen) atoms. The molecule has 0 aromatic carbocycles. The van der Waals surface area contributed by atoms with Gasteiger partial charge in [0.1, 0.15) is 0 Å². The first-order valence-electron chi connectivity index (χ1n) is 6.73. The van der Waals surface area contributed by atoms with Gasteiger partial charge in [0.2, 0.25) is 5.91 Å². The van der Waals surface area contributed by atoms with Crippen molar-refractivity contribution in [2.45, 2.75) is 38.1 Å². The van der Waals surface area contributed by atoms with Crippen molar-refractivity contribution in [3.63, 3.8) is 0 Å². The summed E-state index contributed by atoms with van der Waals surface area (Å²) in [6.45, 7) is 4.47. The Balaban J connectivity index is 1.95. The molecule has 1 unspecified atom stereocenters. The van der Waals surface area contributed by atoms with Gasteiger partial charge in [0.15, 0.2) is 0 Å². The van der Waals surface area contributed by atoms with Crippen LogP contribution in [0.5, 0.6) is 0 Å². The summed E-state index contributed by atoms with van der Waals surface area (Å²) in [7, 11) is 1.66. The van der Waals surface area contributed by atoms with Crippen LogP contribution >= 0.6 is 0 Å². The van der Waals surface area contributed by atoms with E-state index in [1.807, 2.05) is 6.92 Å². The third-order valence-electron chi connectivity index (χ3n) is 3.35. The molecule has 0 radical (unpaired) electrons. The number of unbranched alkanes of at least 4 members (excludes halogenated alkanes) is 1. The second kappa shape index (κ2) is 7.71. The highest BCUT2D eigenvalue weighted by Crippen LogP contribution is 2.38. The van der Waals surface area contributed by atoms with Crippen molar-refractivity contribution < 1.29 is 14.3 Å². The maximum atomic E-state index is 11.8. The van der Waals surface area contributed by atoms with Crippen LogP contribution in [-0.2, 0) is 14.3 Å². The maximum absolute atomic E-state index is 11.8. The molecule has 0 aromatic rings. The average Bonchev–Trinajstić information content (AvgIpc) is 3.16. The van der Waals surface area contributed by atoms with E-state index in [1.54, 1.807) is 7.11 Å². The number of carbonyl (C=O) groups excluding carboxylic acids is 1. The first kappa shape index (κ1) is 15.4. The lowest BCUT2D eigenvalue weighted by atomic mass is 9.96. The molecule has 0 saturated heterocycles. The molecular weight excluding hydrogens is 232 g/mol. The summed E-state index contributed by atoms with van der Waals surface area (Å²) < 4.78 is 10.2. The molecule has 5 nitrogen and oxygen atoms in total. The molecule has 1 saturated carbocycles. The molecule has 1 atom stereocenters. The summed E-state index contributed by atoms with van der Waals surface area (Å²) >= 11 is 0. The number of nitrogens with one attached hydrogen (secondary N) is 1. The molecule has 5 heteroatoms. The van der Waals surface area contributed by atoms with Crippen molar-refractivity contribution in [3.05, 3.63) is 0 Å². The number of hydrogen-bond acceptors (Lipinski definition) is 4. The van der Waals surface area contributed by atoms with E-state index in [1.165, 1.54) is 0 Å². The predicted molar refractivity (Wildman–Crippen MR) is 70.3 cm³/mol. The van der Waals surface area contributed by atoms with Crippen LogP contribution in [0.1, 0.15) is 32.6 Å². The molecule has 0 heterocycles. The molecule has 1 aliphatic rings. The molecule has 1 fully saturated rings. The fourth-order valence-corrected chi connectivity index (χ4v) is 1.83. The van der Waals surface area contributed by atoms with E-state index in [2.05, 4.69) is 5.32 Å². The third-order valence-corrected chi connectivity index (χ3v) is 3.35. The number of hydrogen-bond donors (Lipinski definition) is 2. The fraction of sp³-hybridized carbons (Fsp3) is 0.923. The summed E-state index contributed by atoms with van der Waals surface area (Å²) in [5, 5.41) is 2.90. The Bertz CT molecular complexity index is 253. The van der Waals surface area contributed by atoms with Gasteiger partial charge in [-0.15, -0.1) is 0 Å². The Morgan fingerprint density at radius 2 is 2.06 bits per heavy atom. The van der Waals surface area contributed by atoms with Gasteiger partial charge in [-0.1, -0.05) is 0 Å². The van der Waals surface area contributed by atoms with E-state index >= 15 is 0 Å². The van der Waals surface area contributed by atoms with Crippen LogP contribution in [0, 0.1) is 5.92 Å². The van der Waals surface area contributed by atoms with Crippen molar-refractivity contribution in [2.75, 3.05) is 33.5 Å². The Kier molecular flexibility index (Phi) is 6.60. The average molecular weight is 258 g/mol. The summed E-state index contributed by atoms with van der Waals surface area (Å²) in [5.41, 5.74) is 5.33. The predicted octanol–water partition coefficient (Wildman–Crippen LogP) is 0.673. The zero-order valence-corrected chi connectivity index (χ0v) is 11.5. The minimum absolute atomic E-state index is 0.0229. The molecule has 3 N–H and O–H groups in total. The summed E-state index contributed by atoms with van der Waals surface area (Å²) in [6, 6.07) is 0. The van der Waals surface area contributed by atoms with Crippen LogP contribution in [0.3, 0.4) is 0 Å². The molecule has 0 spiro atoms. The highest BCUT2D eigenvalue weighted by molar-refractivity contribution is 5.86. The summed E-state index contributed by atoms with van der Waals surface area (Å²) in [5.74, 6) is 0.347. The zero-order chi connectivity index (χ0) is 13.4. The molecule has 1 aliphatic carbocycles. The normalized spacial score (nSPS) is 18.4. The van der Waals surface area contributed by atoms with Crippen LogP contribution in [-0.4, -0.2) is 44.9 Å². The Morgan fingerprint density at radius 3 is 2.67 bits per heavy atom. The van der Waals surface area contributed by atoms with Crippen molar-refractivity contribution in [1.82, 2.24) is 5.32 Å². The van der Waals surface area contributed by atoms with Crippen molar-refractivity contribution in [3.8, 4) is 0 Å². The first-order chi connectivity index (χ1) is 8.59. The lowest BCUT2D eigenvalue weighted by Crippen LogP contribution is -2.53. The van der Waals surface area contributed by atoms with E-state index in [-0.39, 0.29) is 5.91 Å². The van der Waals surface area contributed by atoms with Gasteiger partial charge >= 0.3 is 0 Å². The van der Waals surface area contributed by atoms with Crippen molar-refractivity contribution >= 4 is 5.91 Å². The third kappa shape index (κ3) is 5.33. The largest absolute Gasteiger partial charge is 0.382 e. The van der Waals surface area contributed by atoms with E-state index in [0.717, 1.165) is 25.7 Å². The van der Waals surface area contributed by atoms with Crippen LogP contribution in [0.4, 0.5) is 0 Å². The topological polar surface area (TPSA) is 73.6 Å². The van der Waals surface area contributed by atoms with E-state index < -0.39 is 5.54 Å². The van der Waals surface area contributed by atoms with Crippen LogP contribution < -0.4 is 11.1 Å². The number of rotatable bonds is 10. The molecule has 0 aromatic heterocycles. The standard InChI is InChI=1S/C13H26N2O3/c1-13(14,11-5-6-11)12(16)15-7-3-4-8-18-10-9-17-2/h11H,3-10,14H2,1-2H3,(H,15,16). The minimum Gasteiger partial charge on any atom is -0.382 e. The van der Waals surface area contributed by atoms with E-state index in [9.17, 15) is 4.79 Å². The van der Waals surface area contributed by atoms with Crippen LogP contribution in [0.25, 0.3) is 0 Å². The van der Waals surface area contributed by atoms with Gasteiger partial charge < -0.3 is 20.5 Å². The fourth-order valence-electron chi connectivity index (χ4n) is 1.83. The van der Waals surface area contributed by atoms with Gasteiger partial charge in [-0.05, 0) is 38.5 Å². The van der Waals surface area contributed by atoms with Gasteiger partial charge in [0.05, 0.1) is 18.8 Å². The number of amides is 1. The summed E-state index contributed by atoms with van der Waals surface area (Å²) in [6.07, 6.45) is 4.01. The Morgan fingerprint density at radius 1 is 1.33 bits per heavy atom. The second-order valence-electron chi connectivity index (χ2n) is 5.13. The highest BCUT2D eigenvalue weighted by Gasteiger charge is 2.43. The monoisotopic (exact) mass is 258 g/mol. The Labute approximate surface area is 109 Å². The van der Waals surface area contributed by atoms with Gasteiger partial charge in [0, 0.05) is 20.3 Å². The lowest BCUT2D eigenvalue weighted by Gasteiger charge is -2.23. The molecule has 106 valence electrons. The van der Waals surface area contributed by atoms with Gasteiger partial charge in [-0.3, -0.25) is 4.79 Å². The van der Waals surface area contributed by atoms with Gasteiger partial charge in [-0.25, -0.2) is 0 Å². The summed E-state index contributed by atoms with van der Waals surface area (Å²) in [4.78, 5) is 11.8. The van der Waals surface area contributed by atoms with Gasteiger partial charge in [-0.2, -0.15) is 0 Å². The number of methoxy groups -OCH3 is 1. The number of carbonyl (C=O) groups is 1. The lowest BCUT2D eigenvalue weighted by molar-refractivity contribution is -0.126. The molecule has 0 bridgehead atoms. The van der Waals surface area contributed by atoms with Gasteiger partial charge in [0.25, 0.3) is 0 Å². The smallest absolute Gasteiger partial charge is 0.240 e. The highest BCUT2D eigenvalue weighted by atomic mass is 16.5. The van der Waals surface area contributed by atoms with E-state index in [0.29, 0.717) is 32.3 Å². The quantitative estimate of drug-likeness (QED) is 0.565. The molecule has 1 amide bonds. The van der Waals surface area contributed by atoms with Crippen LogP contribution in [0.15, 0.2) is 0 Å². The van der Waals surface area contributed by atoms with E-state index in [4.69, 9.17) is 15.2 Å². The van der Waals surface area contributed by atoms with Crippen molar-refractivity contribution in [1.29, 1.82) is 0 Å². The maximum Gasteiger partial charge on any atom is 0.240 e. The first-order valence-corrected chi connectivity index (χ1v) is 6.73. The SMILES string of the molecule is COCCOCCCCNC(=O)C(C)(N)C1CC1. The Hall–Kier alpha value is -0.650. The molecule has 1 rings (SSSR count). The molecular formula is C13H26N2O3.